The lowest BCUT2D eigenvalue weighted by Gasteiger charge is -2.16. The Morgan fingerprint density at radius 2 is 0.605 bits per heavy atom. The summed E-state index contributed by atoms with van der Waals surface area (Å²) < 4.78 is 28.9. The fraction of sp³-hybridized carbons (Fsp3) is 1.00. The molecule has 0 amide bonds. The van der Waals surface area contributed by atoms with Crippen molar-refractivity contribution in [2.24, 2.45) is 0 Å². The van der Waals surface area contributed by atoms with E-state index in [2.05, 4.69) is 13.8 Å². The van der Waals surface area contributed by atoms with Gasteiger partial charge in [0.25, 0.3) is 10.1 Å². The van der Waals surface area contributed by atoms with Gasteiger partial charge in [-0.1, -0.05) is 194 Å². The van der Waals surface area contributed by atoms with E-state index in [0.29, 0.717) is 0 Å². The van der Waals surface area contributed by atoms with Crippen molar-refractivity contribution in [1.82, 2.24) is 0 Å². The molecule has 0 spiro atoms. The van der Waals surface area contributed by atoms with Gasteiger partial charge in [-0.25, -0.2) is 0 Å². The molecule has 0 bridgehead atoms. The van der Waals surface area contributed by atoms with Gasteiger partial charge < -0.3 is 0 Å². The molecule has 0 aliphatic heterocycles. The van der Waals surface area contributed by atoms with Gasteiger partial charge in [0.15, 0.2) is 0 Å². The van der Waals surface area contributed by atoms with Crippen LogP contribution in [-0.4, -0.2) is 20.8 Å². The summed E-state index contributed by atoms with van der Waals surface area (Å²) in [4.78, 5) is 0. The average Bonchev–Trinajstić information content (AvgIpc) is 2.88. The third kappa shape index (κ3) is 32.1. The highest BCUT2D eigenvalue weighted by molar-refractivity contribution is 7.86. The van der Waals surface area contributed by atoms with Crippen molar-refractivity contribution >= 4 is 10.1 Å². The number of unbranched alkanes of at least 4 members (excludes halogenated alkanes) is 26. The first-order valence-corrected chi connectivity index (χ1v) is 19.2. The zero-order valence-corrected chi connectivity index (χ0v) is 27.2. The molecule has 0 aromatic rings. The van der Waals surface area contributed by atoms with Crippen molar-refractivity contribution in [3.63, 3.8) is 0 Å². The van der Waals surface area contributed by atoms with Crippen molar-refractivity contribution in [3.8, 4) is 0 Å². The largest absolute Gasteiger partial charge is 0.267 e. The van der Waals surface area contributed by atoms with Crippen LogP contribution >= 0.6 is 0 Å². The predicted molar refractivity (Wildman–Crippen MR) is 170 cm³/mol. The summed E-state index contributed by atoms with van der Waals surface area (Å²) in [5, 5.41) is 0. The fourth-order valence-electron chi connectivity index (χ4n) is 5.62. The summed E-state index contributed by atoms with van der Waals surface area (Å²) in [5.41, 5.74) is 0. The van der Waals surface area contributed by atoms with Gasteiger partial charge in [0.2, 0.25) is 0 Å². The molecule has 0 rings (SSSR count). The summed E-state index contributed by atoms with van der Waals surface area (Å²) in [7, 11) is -3.36. The Hall–Kier alpha value is -0.0900. The van der Waals surface area contributed by atoms with Crippen molar-refractivity contribution in [1.29, 1.82) is 0 Å². The second-order valence-electron chi connectivity index (χ2n) is 12.2. The number of hydrogen-bond donors (Lipinski definition) is 0. The standard InChI is InChI=1S/C34H70O3S/c1-4-6-8-10-12-14-16-18-20-22-24-26-28-30-32-34(37-38(3,35)36)33-31-29-27-25-23-21-19-17-15-13-11-9-7-5-2/h34H,4-33H2,1-3H3. The van der Waals surface area contributed by atoms with E-state index in [4.69, 9.17) is 4.18 Å². The first kappa shape index (κ1) is 37.9. The molecule has 0 fully saturated rings. The minimum atomic E-state index is -3.36. The molecule has 0 heterocycles. The Labute approximate surface area is 241 Å². The molecular weight excluding hydrogens is 488 g/mol. The van der Waals surface area contributed by atoms with E-state index < -0.39 is 10.1 Å². The van der Waals surface area contributed by atoms with Crippen LogP contribution in [0.25, 0.3) is 0 Å². The first-order chi connectivity index (χ1) is 18.5. The van der Waals surface area contributed by atoms with Gasteiger partial charge in [-0.3, -0.25) is 4.18 Å². The van der Waals surface area contributed by atoms with Gasteiger partial charge in [0.1, 0.15) is 0 Å². The Kier molecular flexibility index (Phi) is 29.8. The minimum Gasteiger partial charge on any atom is -0.267 e. The van der Waals surface area contributed by atoms with Gasteiger partial charge in [0, 0.05) is 0 Å². The van der Waals surface area contributed by atoms with Crippen molar-refractivity contribution in [2.45, 2.75) is 213 Å². The minimum absolute atomic E-state index is 0.111. The fourth-order valence-corrected chi connectivity index (χ4v) is 6.31. The van der Waals surface area contributed by atoms with Crippen LogP contribution < -0.4 is 0 Å². The third-order valence-corrected chi connectivity index (χ3v) is 8.69. The normalized spacial score (nSPS) is 12.1. The summed E-state index contributed by atoms with van der Waals surface area (Å²) in [6, 6.07) is 0. The lowest BCUT2D eigenvalue weighted by Crippen LogP contribution is -2.17. The number of rotatable bonds is 32. The van der Waals surface area contributed by atoms with Crippen LogP contribution in [0.2, 0.25) is 0 Å². The second-order valence-corrected chi connectivity index (χ2v) is 13.8. The molecule has 3 nitrogen and oxygen atoms in total. The Morgan fingerprint density at radius 3 is 0.816 bits per heavy atom. The van der Waals surface area contributed by atoms with E-state index in [1.165, 1.54) is 173 Å². The lowest BCUT2D eigenvalue weighted by atomic mass is 10.0. The molecule has 0 aromatic heterocycles. The van der Waals surface area contributed by atoms with Crippen molar-refractivity contribution in [2.75, 3.05) is 6.26 Å². The van der Waals surface area contributed by atoms with Crippen LogP contribution in [0.1, 0.15) is 206 Å². The molecule has 0 saturated carbocycles. The van der Waals surface area contributed by atoms with E-state index in [9.17, 15) is 8.42 Å². The van der Waals surface area contributed by atoms with Crippen LogP contribution in [0.5, 0.6) is 0 Å². The van der Waals surface area contributed by atoms with Crippen molar-refractivity contribution in [3.05, 3.63) is 0 Å². The maximum atomic E-state index is 11.7. The topological polar surface area (TPSA) is 43.4 Å². The van der Waals surface area contributed by atoms with Crippen LogP contribution in [-0.2, 0) is 14.3 Å². The van der Waals surface area contributed by atoms with Gasteiger partial charge in [-0.2, -0.15) is 8.42 Å². The average molecular weight is 559 g/mol. The van der Waals surface area contributed by atoms with Gasteiger partial charge >= 0.3 is 0 Å². The molecule has 38 heavy (non-hydrogen) atoms. The van der Waals surface area contributed by atoms with Crippen LogP contribution in [0.3, 0.4) is 0 Å². The molecule has 0 radical (unpaired) electrons. The highest BCUT2D eigenvalue weighted by Crippen LogP contribution is 2.19. The van der Waals surface area contributed by atoms with Crippen LogP contribution in [0.15, 0.2) is 0 Å². The number of hydrogen-bond acceptors (Lipinski definition) is 3. The Balaban J connectivity index is 3.62. The summed E-state index contributed by atoms with van der Waals surface area (Å²) in [6.07, 6.45) is 40.7. The van der Waals surface area contributed by atoms with E-state index in [1.54, 1.807) is 0 Å². The smallest absolute Gasteiger partial charge is 0.264 e. The van der Waals surface area contributed by atoms with E-state index >= 15 is 0 Å². The lowest BCUT2D eigenvalue weighted by molar-refractivity contribution is 0.182. The SMILES string of the molecule is CCCCCCCCCCCCCCCCC(CCCCCCCCCCCCCCCC)OS(C)(=O)=O. The molecule has 0 aliphatic rings. The monoisotopic (exact) mass is 559 g/mol. The maximum Gasteiger partial charge on any atom is 0.264 e. The quantitative estimate of drug-likeness (QED) is 0.0609. The molecule has 230 valence electrons. The van der Waals surface area contributed by atoms with E-state index in [1.807, 2.05) is 0 Å². The molecule has 0 aliphatic carbocycles. The van der Waals surface area contributed by atoms with Crippen LogP contribution in [0, 0.1) is 0 Å². The molecule has 0 N–H and O–H groups in total. The zero-order valence-electron chi connectivity index (χ0n) is 26.4. The highest BCUT2D eigenvalue weighted by Gasteiger charge is 2.15. The molecule has 0 aromatic carbocycles. The van der Waals surface area contributed by atoms with Crippen molar-refractivity contribution < 1.29 is 12.6 Å². The Bertz CT molecular complexity index is 514. The van der Waals surface area contributed by atoms with Gasteiger partial charge in [-0.15, -0.1) is 0 Å². The molecule has 0 unspecified atom stereocenters. The second kappa shape index (κ2) is 29.9. The van der Waals surface area contributed by atoms with Gasteiger partial charge in [0.05, 0.1) is 12.4 Å². The molecule has 0 saturated heterocycles. The predicted octanol–water partition coefficient (Wildman–Crippen LogP) is 12.1. The highest BCUT2D eigenvalue weighted by atomic mass is 32.2. The Morgan fingerprint density at radius 1 is 0.395 bits per heavy atom. The molecular formula is C34H70O3S. The van der Waals surface area contributed by atoms with E-state index in [-0.39, 0.29) is 6.10 Å². The first-order valence-electron chi connectivity index (χ1n) is 17.4. The van der Waals surface area contributed by atoms with Crippen LogP contribution in [0.4, 0.5) is 0 Å². The summed E-state index contributed by atoms with van der Waals surface area (Å²) >= 11 is 0. The zero-order chi connectivity index (χ0) is 28.0. The van der Waals surface area contributed by atoms with Gasteiger partial charge in [-0.05, 0) is 12.8 Å². The summed E-state index contributed by atoms with van der Waals surface area (Å²) in [6.45, 7) is 4.56. The van der Waals surface area contributed by atoms with E-state index in [0.717, 1.165) is 25.7 Å². The molecule has 0 atom stereocenters. The summed E-state index contributed by atoms with van der Waals surface area (Å²) in [5.74, 6) is 0. The maximum absolute atomic E-state index is 11.7. The third-order valence-electron chi connectivity index (χ3n) is 8.07. The molecule has 4 heteroatoms.